The first-order valence-electron chi connectivity index (χ1n) is 4.87. The van der Waals surface area contributed by atoms with E-state index in [-0.39, 0.29) is 11.6 Å². The highest BCUT2D eigenvalue weighted by Crippen LogP contribution is 2.15. The molecule has 1 aromatic heterocycles. The Morgan fingerprint density at radius 1 is 1.06 bits per heavy atom. The Morgan fingerprint density at radius 2 is 1.75 bits per heavy atom. The number of furan rings is 1. The van der Waals surface area contributed by atoms with Crippen LogP contribution in [0.1, 0.15) is 33.2 Å². The van der Waals surface area contributed by atoms with Gasteiger partial charge < -0.3 is 4.42 Å². The van der Waals surface area contributed by atoms with Crippen molar-refractivity contribution in [2.75, 3.05) is 0 Å². The molecule has 80 valence electrons. The number of Topliss-reactive ketones (excluding diaryl/α,β-unsaturated/α-hetero) is 1. The molecule has 1 heterocycles. The summed E-state index contributed by atoms with van der Waals surface area (Å²) in [6.45, 7) is 1.45. The maximum atomic E-state index is 12.0. The topological polar surface area (TPSA) is 47.3 Å². The molecular weight excluding hydrogens is 204 g/mol. The average Bonchev–Trinajstić information content (AvgIpc) is 2.81. The molecule has 0 aliphatic heterocycles. The lowest BCUT2D eigenvalue weighted by atomic mass is 9.98. The van der Waals surface area contributed by atoms with Crippen LogP contribution in [0.3, 0.4) is 0 Å². The van der Waals surface area contributed by atoms with Gasteiger partial charge >= 0.3 is 0 Å². The second-order valence-corrected chi connectivity index (χ2v) is 3.44. The quantitative estimate of drug-likeness (QED) is 0.738. The van der Waals surface area contributed by atoms with Crippen LogP contribution in [-0.2, 0) is 0 Å². The van der Waals surface area contributed by atoms with Crippen molar-refractivity contribution in [3.8, 4) is 0 Å². The van der Waals surface area contributed by atoms with Crippen LogP contribution >= 0.6 is 0 Å². The molecule has 0 radical (unpaired) electrons. The SMILES string of the molecule is CC(=O)c1ccccc1C(=O)c1ccoc1. The fraction of sp³-hybridized carbons (Fsp3) is 0.0769. The number of carbonyl (C=O) groups is 2. The minimum atomic E-state index is -0.195. The molecule has 0 saturated carbocycles. The van der Waals surface area contributed by atoms with Crippen LogP contribution in [0.15, 0.2) is 47.3 Å². The second kappa shape index (κ2) is 4.14. The fourth-order valence-corrected chi connectivity index (χ4v) is 1.54. The van der Waals surface area contributed by atoms with Gasteiger partial charge in [-0.15, -0.1) is 0 Å². The van der Waals surface area contributed by atoms with Gasteiger partial charge in [0.1, 0.15) is 6.26 Å². The number of hydrogen-bond acceptors (Lipinski definition) is 3. The number of benzene rings is 1. The molecule has 0 spiro atoms. The summed E-state index contributed by atoms with van der Waals surface area (Å²) in [4.78, 5) is 23.4. The molecule has 1 aromatic carbocycles. The van der Waals surface area contributed by atoms with Crippen molar-refractivity contribution in [2.24, 2.45) is 0 Å². The van der Waals surface area contributed by atoms with Crippen LogP contribution in [0.4, 0.5) is 0 Å². The van der Waals surface area contributed by atoms with Crippen LogP contribution in [-0.4, -0.2) is 11.6 Å². The average molecular weight is 214 g/mol. The Kier molecular flexibility index (Phi) is 2.68. The van der Waals surface area contributed by atoms with E-state index in [0.29, 0.717) is 16.7 Å². The summed E-state index contributed by atoms with van der Waals surface area (Å²) >= 11 is 0. The van der Waals surface area contributed by atoms with Gasteiger partial charge in [-0.2, -0.15) is 0 Å². The van der Waals surface area contributed by atoms with Gasteiger partial charge in [0, 0.05) is 11.1 Å². The van der Waals surface area contributed by atoms with Crippen molar-refractivity contribution in [1.29, 1.82) is 0 Å². The van der Waals surface area contributed by atoms with Crippen LogP contribution in [0.5, 0.6) is 0 Å². The summed E-state index contributed by atoms with van der Waals surface area (Å²) in [6, 6.07) is 8.35. The maximum Gasteiger partial charge on any atom is 0.196 e. The van der Waals surface area contributed by atoms with Crippen molar-refractivity contribution in [3.05, 3.63) is 59.5 Å². The number of rotatable bonds is 3. The molecule has 0 unspecified atom stereocenters. The van der Waals surface area contributed by atoms with E-state index in [1.54, 1.807) is 30.3 Å². The number of hydrogen-bond donors (Lipinski definition) is 0. The second-order valence-electron chi connectivity index (χ2n) is 3.44. The van der Waals surface area contributed by atoms with Gasteiger partial charge in [-0.1, -0.05) is 24.3 Å². The molecule has 2 rings (SSSR count). The van der Waals surface area contributed by atoms with E-state index in [2.05, 4.69) is 0 Å². The Balaban J connectivity index is 2.49. The van der Waals surface area contributed by atoms with Gasteiger partial charge in [0.25, 0.3) is 0 Å². The normalized spacial score (nSPS) is 10.1. The third-order valence-electron chi connectivity index (χ3n) is 2.33. The van der Waals surface area contributed by atoms with E-state index in [9.17, 15) is 9.59 Å². The summed E-state index contributed by atoms with van der Waals surface area (Å²) in [5, 5.41) is 0. The predicted octanol–water partition coefficient (Wildman–Crippen LogP) is 2.71. The molecule has 16 heavy (non-hydrogen) atoms. The molecule has 3 nitrogen and oxygen atoms in total. The van der Waals surface area contributed by atoms with Gasteiger partial charge in [-0.05, 0) is 13.0 Å². The molecule has 0 fully saturated rings. The van der Waals surface area contributed by atoms with E-state index >= 15 is 0 Å². The van der Waals surface area contributed by atoms with Gasteiger partial charge in [0.15, 0.2) is 11.6 Å². The van der Waals surface area contributed by atoms with Crippen molar-refractivity contribution in [3.63, 3.8) is 0 Å². The Morgan fingerprint density at radius 3 is 2.31 bits per heavy atom. The van der Waals surface area contributed by atoms with E-state index in [4.69, 9.17) is 4.42 Å². The van der Waals surface area contributed by atoms with Gasteiger partial charge in [0.05, 0.1) is 11.8 Å². The largest absolute Gasteiger partial charge is 0.472 e. The van der Waals surface area contributed by atoms with Gasteiger partial charge in [0.2, 0.25) is 0 Å². The third-order valence-corrected chi connectivity index (χ3v) is 2.33. The van der Waals surface area contributed by atoms with E-state index < -0.39 is 0 Å². The van der Waals surface area contributed by atoms with E-state index in [1.165, 1.54) is 19.5 Å². The monoisotopic (exact) mass is 214 g/mol. The summed E-state index contributed by atoms with van der Waals surface area (Å²) in [6.07, 6.45) is 2.81. The number of ketones is 2. The molecule has 0 bridgehead atoms. The highest BCUT2D eigenvalue weighted by Gasteiger charge is 2.15. The van der Waals surface area contributed by atoms with Crippen LogP contribution in [0, 0.1) is 0 Å². The first-order valence-corrected chi connectivity index (χ1v) is 4.87. The molecule has 3 heteroatoms. The lowest BCUT2D eigenvalue weighted by Gasteiger charge is -2.03. The first kappa shape index (κ1) is 10.4. The zero-order chi connectivity index (χ0) is 11.5. The minimum Gasteiger partial charge on any atom is -0.472 e. The van der Waals surface area contributed by atoms with Gasteiger partial charge in [-0.25, -0.2) is 0 Å². The lowest BCUT2D eigenvalue weighted by molar-refractivity contribution is 0.0990. The third kappa shape index (κ3) is 1.80. The van der Waals surface area contributed by atoms with Crippen molar-refractivity contribution >= 4 is 11.6 Å². The van der Waals surface area contributed by atoms with Crippen LogP contribution in [0.2, 0.25) is 0 Å². The molecule has 2 aromatic rings. The maximum absolute atomic E-state index is 12.0. The Labute approximate surface area is 92.7 Å². The molecular formula is C13H10O3. The highest BCUT2D eigenvalue weighted by atomic mass is 16.3. The van der Waals surface area contributed by atoms with Crippen molar-refractivity contribution in [1.82, 2.24) is 0 Å². The Hall–Kier alpha value is -2.16. The molecule has 0 aliphatic rings. The summed E-state index contributed by atoms with van der Waals surface area (Å²) in [5.41, 5.74) is 1.30. The molecule has 0 saturated heterocycles. The lowest BCUT2D eigenvalue weighted by Crippen LogP contribution is -2.07. The van der Waals surface area contributed by atoms with E-state index in [1.807, 2.05) is 0 Å². The number of carbonyl (C=O) groups excluding carboxylic acids is 2. The smallest absolute Gasteiger partial charge is 0.196 e. The van der Waals surface area contributed by atoms with Crippen molar-refractivity contribution < 1.29 is 14.0 Å². The molecule has 0 amide bonds. The van der Waals surface area contributed by atoms with Gasteiger partial charge in [-0.3, -0.25) is 9.59 Å². The zero-order valence-electron chi connectivity index (χ0n) is 8.77. The predicted molar refractivity (Wildman–Crippen MR) is 58.6 cm³/mol. The summed E-state index contributed by atoms with van der Waals surface area (Å²) in [7, 11) is 0. The molecule has 0 N–H and O–H groups in total. The van der Waals surface area contributed by atoms with Crippen LogP contribution in [0.25, 0.3) is 0 Å². The summed E-state index contributed by atoms with van der Waals surface area (Å²) < 4.78 is 4.85. The fourth-order valence-electron chi connectivity index (χ4n) is 1.54. The van der Waals surface area contributed by atoms with E-state index in [0.717, 1.165) is 0 Å². The minimum absolute atomic E-state index is 0.118. The Bertz CT molecular complexity index is 524. The highest BCUT2D eigenvalue weighted by molar-refractivity contribution is 6.15. The standard InChI is InChI=1S/C13H10O3/c1-9(14)11-4-2-3-5-12(11)13(15)10-6-7-16-8-10/h2-8H,1H3. The molecule has 0 atom stereocenters. The van der Waals surface area contributed by atoms with Crippen molar-refractivity contribution in [2.45, 2.75) is 6.92 Å². The first-order chi connectivity index (χ1) is 7.70. The zero-order valence-corrected chi connectivity index (χ0v) is 8.77. The molecule has 0 aliphatic carbocycles. The summed E-state index contributed by atoms with van der Waals surface area (Å²) in [5.74, 6) is -0.313. The van der Waals surface area contributed by atoms with Crippen LogP contribution < -0.4 is 0 Å².